The van der Waals surface area contributed by atoms with Gasteiger partial charge in [0.1, 0.15) is 5.76 Å². The predicted octanol–water partition coefficient (Wildman–Crippen LogP) is 1.71. The zero-order chi connectivity index (χ0) is 15.5. The van der Waals surface area contributed by atoms with Crippen LogP contribution in [0.2, 0.25) is 0 Å². The van der Waals surface area contributed by atoms with Crippen molar-refractivity contribution in [2.24, 2.45) is 15.9 Å². The van der Waals surface area contributed by atoms with Crippen molar-refractivity contribution in [3.05, 3.63) is 53.2 Å². The molecule has 0 aliphatic heterocycles. The number of guanidine groups is 1. The molecule has 0 aromatic carbocycles. The Hall–Kier alpha value is -2.67. The van der Waals surface area contributed by atoms with Gasteiger partial charge in [-0.05, 0) is 30.7 Å². The molecule has 0 bridgehead atoms. The van der Waals surface area contributed by atoms with Crippen LogP contribution < -0.4 is 11.2 Å². The van der Waals surface area contributed by atoms with Crippen molar-refractivity contribution in [3.63, 3.8) is 0 Å². The van der Waals surface area contributed by atoms with E-state index in [1.165, 1.54) is 0 Å². The lowest BCUT2D eigenvalue weighted by atomic mass is 9.82. The van der Waals surface area contributed by atoms with Gasteiger partial charge in [-0.1, -0.05) is 0 Å². The minimum Gasteiger partial charge on any atom is -0.469 e. The van der Waals surface area contributed by atoms with Gasteiger partial charge in [-0.25, -0.2) is 5.48 Å². The zero-order valence-electron chi connectivity index (χ0n) is 12.2. The molecule has 0 fully saturated rings. The number of nitrogens with zero attached hydrogens (tertiary/aromatic N) is 3. The molecule has 0 radical (unpaired) electrons. The van der Waals surface area contributed by atoms with Crippen molar-refractivity contribution >= 4 is 11.7 Å². The molecule has 4 N–H and O–H groups in total. The summed E-state index contributed by atoms with van der Waals surface area (Å²) in [5, 5.41) is 16.7. The maximum atomic E-state index is 8.71. The van der Waals surface area contributed by atoms with Gasteiger partial charge >= 0.3 is 0 Å². The van der Waals surface area contributed by atoms with Crippen molar-refractivity contribution < 1.29 is 9.62 Å². The minimum absolute atomic E-state index is 0.157. The van der Waals surface area contributed by atoms with E-state index in [1.807, 2.05) is 25.1 Å². The molecule has 0 saturated heterocycles. The standard InChI is InChI=1S/C15H17N5O2/c1-9-4-5-17-11-7-10(13-3-2-6-22-13)8-12(14(9)11)18-19-15(16)20-21/h2-6,10,21H,7-8H2,1H3,(H3,16,19,20)/b18-12-. The summed E-state index contributed by atoms with van der Waals surface area (Å²) in [6.07, 6.45) is 4.93. The summed E-state index contributed by atoms with van der Waals surface area (Å²) < 4.78 is 5.52. The maximum Gasteiger partial charge on any atom is 0.237 e. The van der Waals surface area contributed by atoms with Crippen LogP contribution in [-0.2, 0) is 6.42 Å². The molecule has 3 rings (SSSR count). The normalized spacial score (nSPS) is 20.0. The largest absolute Gasteiger partial charge is 0.469 e. The van der Waals surface area contributed by atoms with Crippen LogP contribution in [0.1, 0.15) is 34.9 Å². The molecule has 2 aromatic heterocycles. The number of pyridine rings is 1. The average Bonchev–Trinajstić information content (AvgIpc) is 3.06. The summed E-state index contributed by atoms with van der Waals surface area (Å²) in [6, 6.07) is 5.77. The first kappa shape index (κ1) is 14.3. The fourth-order valence-electron chi connectivity index (χ4n) is 2.76. The SMILES string of the molecule is Cc1ccnc2c1/C(=N\N=C(N)NO)CC(c1ccco1)C2. The smallest absolute Gasteiger partial charge is 0.237 e. The van der Waals surface area contributed by atoms with Crippen LogP contribution in [0.25, 0.3) is 0 Å². The van der Waals surface area contributed by atoms with Crippen LogP contribution in [0.4, 0.5) is 0 Å². The summed E-state index contributed by atoms with van der Waals surface area (Å²) in [4.78, 5) is 4.47. The Morgan fingerprint density at radius 1 is 1.45 bits per heavy atom. The Balaban J connectivity index is 2.04. The lowest BCUT2D eigenvalue weighted by Crippen LogP contribution is -2.28. The molecule has 1 aliphatic rings. The highest BCUT2D eigenvalue weighted by atomic mass is 16.5. The van der Waals surface area contributed by atoms with E-state index >= 15 is 0 Å². The number of aromatic nitrogens is 1. The summed E-state index contributed by atoms with van der Waals surface area (Å²) in [5.74, 6) is 0.906. The first-order valence-electron chi connectivity index (χ1n) is 6.97. The predicted molar refractivity (Wildman–Crippen MR) is 81.8 cm³/mol. The minimum atomic E-state index is -0.157. The van der Waals surface area contributed by atoms with Gasteiger partial charge < -0.3 is 10.2 Å². The number of hydroxylamine groups is 1. The fraction of sp³-hybridized carbons (Fsp3) is 0.267. The topological polar surface area (TPSA) is 109 Å². The van der Waals surface area contributed by atoms with Gasteiger partial charge in [-0.15, -0.1) is 5.10 Å². The molecule has 2 aromatic rings. The molecule has 1 unspecified atom stereocenters. The zero-order valence-corrected chi connectivity index (χ0v) is 12.2. The second kappa shape index (κ2) is 5.98. The maximum absolute atomic E-state index is 8.71. The number of nitrogens with one attached hydrogen (secondary N) is 1. The Bertz CT molecular complexity index is 722. The molecule has 0 saturated carbocycles. The van der Waals surface area contributed by atoms with Gasteiger partial charge in [0.05, 0.1) is 17.7 Å². The second-order valence-electron chi connectivity index (χ2n) is 5.21. The van der Waals surface area contributed by atoms with Crippen LogP contribution in [-0.4, -0.2) is 21.9 Å². The average molecular weight is 299 g/mol. The quantitative estimate of drug-likeness (QED) is 0.444. The van der Waals surface area contributed by atoms with Crippen molar-refractivity contribution in [1.29, 1.82) is 0 Å². The molecule has 1 atom stereocenters. The first-order valence-corrected chi connectivity index (χ1v) is 6.97. The third kappa shape index (κ3) is 2.71. The van der Waals surface area contributed by atoms with Crippen LogP contribution in [0.15, 0.2) is 45.3 Å². The number of aryl methyl sites for hydroxylation is 1. The Morgan fingerprint density at radius 3 is 3.05 bits per heavy atom. The van der Waals surface area contributed by atoms with E-state index in [0.717, 1.165) is 34.7 Å². The molecule has 2 heterocycles. The van der Waals surface area contributed by atoms with Gasteiger partial charge in [0.15, 0.2) is 0 Å². The molecule has 7 nitrogen and oxygen atoms in total. The Labute approximate surface area is 127 Å². The highest BCUT2D eigenvalue weighted by molar-refractivity contribution is 6.04. The third-order valence-corrected chi connectivity index (χ3v) is 3.74. The Morgan fingerprint density at radius 2 is 2.32 bits per heavy atom. The number of hydrogen-bond donors (Lipinski definition) is 3. The molecule has 114 valence electrons. The van der Waals surface area contributed by atoms with E-state index in [4.69, 9.17) is 15.4 Å². The van der Waals surface area contributed by atoms with Crippen LogP contribution in [0, 0.1) is 6.92 Å². The van der Waals surface area contributed by atoms with Gasteiger partial charge in [0.2, 0.25) is 5.96 Å². The molecular formula is C15H17N5O2. The van der Waals surface area contributed by atoms with Crippen molar-refractivity contribution in [1.82, 2.24) is 10.5 Å². The van der Waals surface area contributed by atoms with Gasteiger partial charge in [0.25, 0.3) is 0 Å². The molecule has 0 spiro atoms. The monoisotopic (exact) mass is 299 g/mol. The van der Waals surface area contributed by atoms with E-state index in [2.05, 4.69) is 15.2 Å². The molecule has 1 aliphatic carbocycles. The molecule has 22 heavy (non-hydrogen) atoms. The number of rotatable bonds is 2. The second-order valence-corrected chi connectivity index (χ2v) is 5.21. The number of nitrogens with two attached hydrogens (primary N) is 1. The van der Waals surface area contributed by atoms with Gasteiger partial charge in [0, 0.05) is 30.5 Å². The third-order valence-electron chi connectivity index (χ3n) is 3.74. The van der Waals surface area contributed by atoms with E-state index in [9.17, 15) is 0 Å². The molecular weight excluding hydrogens is 282 g/mol. The summed E-state index contributed by atoms with van der Waals surface area (Å²) in [5.41, 5.74) is 11.0. The van der Waals surface area contributed by atoms with Crippen LogP contribution >= 0.6 is 0 Å². The van der Waals surface area contributed by atoms with Crippen molar-refractivity contribution in [3.8, 4) is 0 Å². The highest BCUT2D eigenvalue weighted by Crippen LogP contribution is 2.33. The van der Waals surface area contributed by atoms with Crippen LogP contribution in [0.3, 0.4) is 0 Å². The first-order chi connectivity index (χ1) is 10.7. The number of furan rings is 1. The van der Waals surface area contributed by atoms with E-state index in [0.29, 0.717) is 6.42 Å². The number of fused-ring (bicyclic) bond motifs is 1. The van der Waals surface area contributed by atoms with Gasteiger partial charge in [-0.3, -0.25) is 10.2 Å². The van der Waals surface area contributed by atoms with E-state index in [1.54, 1.807) is 17.9 Å². The fourth-order valence-corrected chi connectivity index (χ4v) is 2.76. The van der Waals surface area contributed by atoms with Gasteiger partial charge in [-0.2, -0.15) is 5.10 Å². The van der Waals surface area contributed by atoms with Crippen LogP contribution in [0.5, 0.6) is 0 Å². The lowest BCUT2D eigenvalue weighted by Gasteiger charge is -2.24. The summed E-state index contributed by atoms with van der Waals surface area (Å²) >= 11 is 0. The lowest BCUT2D eigenvalue weighted by molar-refractivity contribution is 0.232. The molecule has 0 amide bonds. The highest BCUT2D eigenvalue weighted by Gasteiger charge is 2.28. The van der Waals surface area contributed by atoms with E-state index < -0.39 is 0 Å². The molecule has 7 heteroatoms. The van der Waals surface area contributed by atoms with E-state index in [-0.39, 0.29) is 11.9 Å². The van der Waals surface area contributed by atoms with Crippen molar-refractivity contribution in [2.75, 3.05) is 0 Å². The summed E-state index contributed by atoms with van der Waals surface area (Å²) in [7, 11) is 0. The number of hydrogen-bond acceptors (Lipinski definition) is 5. The Kier molecular flexibility index (Phi) is 3.88. The summed E-state index contributed by atoms with van der Waals surface area (Å²) in [6.45, 7) is 2.01. The van der Waals surface area contributed by atoms with Crippen molar-refractivity contribution in [2.45, 2.75) is 25.7 Å².